The van der Waals surface area contributed by atoms with Gasteiger partial charge in [0.15, 0.2) is 17.3 Å². The summed E-state index contributed by atoms with van der Waals surface area (Å²) in [4.78, 5) is 14.1. The number of nitrogens with one attached hydrogen (secondary N) is 1. The van der Waals surface area contributed by atoms with Crippen LogP contribution in [0.4, 0.5) is 0 Å². The highest BCUT2D eigenvalue weighted by atomic mass is 16.6. The number of likely N-dealkylation sites (tertiary alicyclic amines) is 1. The topological polar surface area (TPSA) is 40.0 Å². The molecule has 0 amide bonds. The molecule has 1 N–H and O–H groups in total. The summed E-state index contributed by atoms with van der Waals surface area (Å²) in [5, 5.41) is 0. The van der Waals surface area contributed by atoms with Crippen molar-refractivity contribution < 1.29 is 19.2 Å². The maximum atomic E-state index is 12.6. The number of benzene rings is 2. The standard InChI is InChI=1S/C22H25NO3/c1-16-14-23(15-19(16)17-5-3-2-4-6-17)10-9-20(24)18-7-8-21-22(13-18)26-12-11-25-21/h2-8,13,16,19H,9-12,14-15H2,1H3/p+1/t16-,19-/m0/s1. The van der Waals surface area contributed by atoms with Crippen LogP contribution >= 0.6 is 0 Å². The van der Waals surface area contributed by atoms with E-state index in [1.54, 1.807) is 0 Å². The van der Waals surface area contributed by atoms with Crippen LogP contribution < -0.4 is 14.4 Å². The normalized spacial score (nSPS) is 24.4. The molecule has 0 saturated carbocycles. The Labute approximate surface area is 154 Å². The molecule has 2 heterocycles. The Bertz CT molecular complexity index is 774. The molecule has 2 aliphatic heterocycles. The van der Waals surface area contributed by atoms with Gasteiger partial charge in [-0.2, -0.15) is 0 Å². The van der Waals surface area contributed by atoms with Crippen molar-refractivity contribution in [3.05, 3.63) is 59.7 Å². The highest BCUT2D eigenvalue weighted by molar-refractivity contribution is 5.96. The second-order valence-corrected chi connectivity index (χ2v) is 7.43. The van der Waals surface area contributed by atoms with E-state index in [1.807, 2.05) is 18.2 Å². The van der Waals surface area contributed by atoms with Crippen molar-refractivity contribution >= 4 is 5.78 Å². The van der Waals surface area contributed by atoms with Gasteiger partial charge in [-0.15, -0.1) is 0 Å². The fraction of sp³-hybridized carbons (Fsp3) is 0.409. The average molecular weight is 352 g/mol. The lowest BCUT2D eigenvalue weighted by Gasteiger charge is -2.18. The quantitative estimate of drug-likeness (QED) is 0.840. The fourth-order valence-electron chi connectivity index (χ4n) is 4.20. The molecule has 3 atom stereocenters. The average Bonchev–Trinajstić information content (AvgIpc) is 3.07. The molecule has 0 spiro atoms. The van der Waals surface area contributed by atoms with Gasteiger partial charge in [-0.3, -0.25) is 4.79 Å². The number of rotatable bonds is 5. The van der Waals surface area contributed by atoms with Gasteiger partial charge in [-0.1, -0.05) is 37.3 Å². The van der Waals surface area contributed by atoms with Crippen molar-refractivity contribution in [2.75, 3.05) is 32.8 Å². The third-order valence-corrected chi connectivity index (χ3v) is 5.60. The first-order valence-electron chi connectivity index (χ1n) is 9.52. The number of ether oxygens (including phenoxy) is 2. The van der Waals surface area contributed by atoms with Gasteiger partial charge in [-0.05, 0) is 23.8 Å². The molecular weight excluding hydrogens is 326 g/mol. The first-order chi connectivity index (χ1) is 12.7. The Kier molecular flexibility index (Phi) is 4.93. The molecule has 2 aromatic rings. The maximum absolute atomic E-state index is 12.6. The van der Waals surface area contributed by atoms with Crippen LogP contribution in [-0.4, -0.2) is 38.6 Å². The van der Waals surface area contributed by atoms with E-state index in [-0.39, 0.29) is 5.78 Å². The molecule has 4 nitrogen and oxygen atoms in total. The largest absolute Gasteiger partial charge is 0.486 e. The lowest BCUT2D eigenvalue weighted by molar-refractivity contribution is -0.888. The Hall–Kier alpha value is -2.33. The lowest BCUT2D eigenvalue weighted by Crippen LogP contribution is -3.10. The van der Waals surface area contributed by atoms with Gasteiger partial charge in [0.2, 0.25) is 0 Å². The number of carbonyl (C=O) groups excluding carboxylic acids is 1. The summed E-state index contributed by atoms with van der Waals surface area (Å²) in [5.74, 6) is 2.85. The third kappa shape index (κ3) is 3.61. The van der Waals surface area contributed by atoms with Crippen molar-refractivity contribution in [2.24, 2.45) is 5.92 Å². The van der Waals surface area contributed by atoms with Crippen LogP contribution in [0.1, 0.15) is 35.2 Å². The van der Waals surface area contributed by atoms with E-state index in [9.17, 15) is 4.79 Å². The smallest absolute Gasteiger partial charge is 0.168 e. The van der Waals surface area contributed by atoms with Gasteiger partial charge in [0, 0.05) is 17.4 Å². The van der Waals surface area contributed by atoms with Crippen LogP contribution in [0, 0.1) is 5.92 Å². The van der Waals surface area contributed by atoms with Gasteiger partial charge >= 0.3 is 0 Å². The summed E-state index contributed by atoms with van der Waals surface area (Å²) in [7, 11) is 0. The minimum absolute atomic E-state index is 0.185. The predicted molar refractivity (Wildman–Crippen MR) is 100 cm³/mol. The van der Waals surface area contributed by atoms with Crippen LogP contribution in [0.2, 0.25) is 0 Å². The Morgan fingerprint density at radius 1 is 1.04 bits per heavy atom. The molecule has 2 aromatic carbocycles. The van der Waals surface area contributed by atoms with E-state index >= 15 is 0 Å². The highest BCUT2D eigenvalue weighted by Crippen LogP contribution is 2.31. The molecule has 2 aliphatic rings. The monoisotopic (exact) mass is 352 g/mol. The van der Waals surface area contributed by atoms with Crippen LogP contribution in [0.25, 0.3) is 0 Å². The van der Waals surface area contributed by atoms with Gasteiger partial charge in [0.1, 0.15) is 13.2 Å². The van der Waals surface area contributed by atoms with Crippen LogP contribution in [-0.2, 0) is 0 Å². The number of quaternary nitrogens is 1. The molecule has 4 heteroatoms. The summed E-state index contributed by atoms with van der Waals surface area (Å²) in [6, 6.07) is 16.3. The Morgan fingerprint density at radius 2 is 1.81 bits per heavy atom. The minimum atomic E-state index is 0.185. The van der Waals surface area contributed by atoms with E-state index in [0.717, 1.165) is 30.9 Å². The maximum Gasteiger partial charge on any atom is 0.168 e. The number of carbonyl (C=O) groups is 1. The summed E-state index contributed by atoms with van der Waals surface area (Å²) in [5.41, 5.74) is 2.15. The van der Waals surface area contributed by atoms with E-state index < -0.39 is 0 Å². The zero-order chi connectivity index (χ0) is 17.9. The molecular formula is C22H26NO3+. The van der Waals surface area contributed by atoms with E-state index in [4.69, 9.17) is 9.47 Å². The minimum Gasteiger partial charge on any atom is -0.486 e. The molecule has 0 radical (unpaired) electrons. The summed E-state index contributed by atoms with van der Waals surface area (Å²) in [6.45, 7) is 6.57. The fourth-order valence-corrected chi connectivity index (χ4v) is 4.20. The van der Waals surface area contributed by atoms with Gasteiger partial charge < -0.3 is 14.4 Å². The van der Waals surface area contributed by atoms with Crippen LogP contribution in [0.5, 0.6) is 11.5 Å². The van der Waals surface area contributed by atoms with Gasteiger partial charge in [0.25, 0.3) is 0 Å². The van der Waals surface area contributed by atoms with Crippen LogP contribution in [0.3, 0.4) is 0 Å². The molecule has 1 saturated heterocycles. The first-order valence-corrected chi connectivity index (χ1v) is 9.52. The lowest BCUT2D eigenvalue weighted by atomic mass is 9.90. The Balaban J connectivity index is 1.35. The number of fused-ring (bicyclic) bond motifs is 1. The SMILES string of the molecule is C[C@H]1C[NH+](CCC(=O)c2ccc3c(c2)OCCO3)C[C@@H]1c1ccccc1. The number of hydrogen-bond acceptors (Lipinski definition) is 3. The van der Waals surface area contributed by atoms with E-state index in [1.165, 1.54) is 10.5 Å². The summed E-state index contributed by atoms with van der Waals surface area (Å²) in [6.07, 6.45) is 0.573. The molecule has 26 heavy (non-hydrogen) atoms. The van der Waals surface area contributed by atoms with Crippen molar-refractivity contribution in [3.8, 4) is 11.5 Å². The zero-order valence-electron chi connectivity index (χ0n) is 15.2. The number of ketones is 1. The van der Waals surface area contributed by atoms with Gasteiger partial charge in [0.05, 0.1) is 26.1 Å². The first kappa shape index (κ1) is 17.1. The molecule has 0 aliphatic carbocycles. The molecule has 0 bridgehead atoms. The second kappa shape index (κ2) is 7.50. The summed E-state index contributed by atoms with van der Waals surface area (Å²) >= 11 is 0. The third-order valence-electron chi connectivity index (χ3n) is 5.60. The van der Waals surface area contributed by atoms with Crippen LogP contribution in [0.15, 0.2) is 48.5 Å². The van der Waals surface area contributed by atoms with Crippen molar-refractivity contribution in [1.29, 1.82) is 0 Å². The van der Waals surface area contributed by atoms with Gasteiger partial charge in [-0.25, -0.2) is 0 Å². The summed E-state index contributed by atoms with van der Waals surface area (Å²) < 4.78 is 11.1. The number of Topliss-reactive ketones (excluding diaryl/α,β-unsaturated/α-hetero) is 1. The number of hydrogen-bond donors (Lipinski definition) is 1. The van der Waals surface area contributed by atoms with E-state index in [0.29, 0.717) is 37.2 Å². The van der Waals surface area contributed by atoms with Crippen molar-refractivity contribution in [2.45, 2.75) is 19.3 Å². The molecule has 4 rings (SSSR count). The molecule has 136 valence electrons. The molecule has 1 unspecified atom stereocenters. The molecule has 1 fully saturated rings. The van der Waals surface area contributed by atoms with E-state index in [2.05, 4.69) is 37.3 Å². The predicted octanol–water partition coefficient (Wildman–Crippen LogP) is 2.35. The zero-order valence-corrected chi connectivity index (χ0v) is 15.2. The molecule has 0 aromatic heterocycles. The van der Waals surface area contributed by atoms with Crippen molar-refractivity contribution in [1.82, 2.24) is 0 Å². The highest BCUT2D eigenvalue weighted by Gasteiger charge is 2.34. The second-order valence-electron chi connectivity index (χ2n) is 7.43. The Morgan fingerprint density at radius 3 is 2.62 bits per heavy atom. The van der Waals surface area contributed by atoms with Crippen molar-refractivity contribution in [3.63, 3.8) is 0 Å².